The van der Waals surface area contributed by atoms with E-state index in [9.17, 15) is 9.59 Å². The number of esters is 1. The fourth-order valence-electron chi connectivity index (χ4n) is 2.46. The normalized spacial score (nSPS) is 11.6. The van der Waals surface area contributed by atoms with Crippen molar-refractivity contribution in [3.63, 3.8) is 0 Å². The summed E-state index contributed by atoms with van der Waals surface area (Å²) in [4.78, 5) is 24.1. The van der Waals surface area contributed by atoms with Gasteiger partial charge in [0.05, 0.1) is 13.7 Å². The number of unbranched alkanes of at least 4 members (excludes halogenated alkanes) is 6. The maximum Gasteiger partial charge on any atom is 0.328 e. The van der Waals surface area contributed by atoms with Gasteiger partial charge in [-0.05, 0) is 31.5 Å². The fourth-order valence-corrected chi connectivity index (χ4v) is 2.46. The van der Waals surface area contributed by atoms with Crippen molar-refractivity contribution in [2.75, 3.05) is 13.7 Å². The standard InChI is InChI=1S/C20H31NO4/c1-4-5-6-7-8-9-10-14-25-20(23)16(2)21-19(22)17-12-11-13-18(15-17)24-3/h11-13,15-16H,4-10,14H2,1-3H3,(H,21,22). The van der Waals surface area contributed by atoms with E-state index in [0.29, 0.717) is 17.9 Å². The number of hydrogen-bond acceptors (Lipinski definition) is 4. The van der Waals surface area contributed by atoms with E-state index in [0.717, 1.165) is 12.8 Å². The molecule has 1 N–H and O–H groups in total. The molecule has 1 aromatic rings. The van der Waals surface area contributed by atoms with E-state index >= 15 is 0 Å². The molecule has 5 heteroatoms. The summed E-state index contributed by atoms with van der Waals surface area (Å²) in [5, 5.41) is 2.65. The van der Waals surface area contributed by atoms with E-state index in [4.69, 9.17) is 9.47 Å². The smallest absolute Gasteiger partial charge is 0.328 e. The van der Waals surface area contributed by atoms with Crippen LogP contribution in [0, 0.1) is 0 Å². The third kappa shape index (κ3) is 8.57. The van der Waals surface area contributed by atoms with Crippen LogP contribution in [0.25, 0.3) is 0 Å². The molecule has 140 valence electrons. The Bertz CT molecular complexity index is 530. The molecule has 0 aliphatic carbocycles. The van der Waals surface area contributed by atoms with Gasteiger partial charge < -0.3 is 14.8 Å². The first-order valence-corrected chi connectivity index (χ1v) is 9.20. The van der Waals surface area contributed by atoms with Gasteiger partial charge in [-0.1, -0.05) is 51.5 Å². The second-order valence-corrected chi connectivity index (χ2v) is 6.22. The second kappa shape index (κ2) is 12.3. The highest BCUT2D eigenvalue weighted by molar-refractivity contribution is 5.97. The highest BCUT2D eigenvalue weighted by Gasteiger charge is 2.18. The van der Waals surface area contributed by atoms with Gasteiger partial charge in [0.2, 0.25) is 0 Å². The van der Waals surface area contributed by atoms with Crippen LogP contribution < -0.4 is 10.1 Å². The summed E-state index contributed by atoms with van der Waals surface area (Å²) in [7, 11) is 1.54. The summed E-state index contributed by atoms with van der Waals surface area (Å²) in [5.74, 6) is -0.122. The summed E-state index contributed by atoms with van der Waals surface area (Å²) in [6.07, 6.45) is 8.19. The van der Waals surface area contributed by atoms with Crippen LogP contribution >= 0.6 is 0 Å². The van der Waals surface area contributed by atoms with Crippen molar-refractivity contribution >= 4 is 11.9 Å². The number of hydrogen-bond donors (Lipinski definition) is 1. The first-order valence-electron chi connectivity index (χ1n) is 9.20. The van der Waals surface area contributed by atoms with Crippen molar-refractivity contribution in [3.8, 4) is 5.75 Å². The molecule has 1 unspecified atom stereocenters. The van der Waals surface area contributed by atoms with Crippen LogP contribution in [-0.2, 0) is 9.53 Å². The van der Waals surface area contributed by atoms with Gasteiger partial charge in [-0.2, -0.15) is 0 Å². The Labute approximate surface area is 151 Å². The predicted molar refractivity (Wildman–Crippen MR) is 98.9 cm³/mol. The average Bonchev–Trinajstić information content (AvgIpc) is 2.63. The number of nitrogens with one attached hydrogen (secondary N) is 1. The Morgan fingerprint density at radius 1 is 1.08 bits per heavy atom. The van der Waals surface area contributed by atoms with E-state index in [-0.39, 0.29) is 5.91 Å². The van der Waals surface area contributed by atoms with Crippen molar-refractivity contribution in [2.24, 2.45) is 0 Å². The van der Waals surface area contributed by atoms with Crippen LogP contribution in [0.4, 0.5) is 0 Å². The molecule has 0 bridgehead atoms. The Kier molecular flexibility index (Phi) is 10.4. The lowest BCUT2D eigenvalue weighted by atomic mass is 10.1. The summed E-state index contributed by atoms with van der Waals surface area (Å²) in [6.45, 7) is 4.24. The molecule has 0 saturated carbocycles. The third-order valence-electron chi connectivity index (χ3n) is 4.03. The van der Waals surface area contributed by atoms with Crippen LogP contribution in [0.2, 0.25) is 0 Å². The number of carbonyl (C=O) groups excluding carboxylic acids is 2. The molecule has 0 radical (unpaired) electrons. The van der Waals surface area contributed by atoms with E-state index < -0.39 is 12.0 Å². The molecule has 1 aromatic carbocycles. The Balaban J connectivity index is 2.23. The molecule has 25 heavy (non-hydrogen) atoms. The molecule has 0 heterocycles. The second-order valence-electron chi connectivity index (χ2n) is 6.22. The van der Waals surface area contributed by atoms with Crippen LogP contribution in [0.15, 0.2) is 24.3 Å². The minimum absolute atomic E-state index is 0.320. The number of benzene rings is 1. The number of methoxy groups -OCH3 is 1. The van der Waals surface area contributed by atoms with Crippen LogP contribution in [-0.4, -0.2) is 31.6 Å². The fraction of sp³-hybridized carbons (Fsp3) is 0.600. The van der Waals surface area contributed by atoms with Gasteiger partial charge in [-0.3, -0.25) is 4.79 Å². The lowest BCUT2D eigenvalue weighted by Gasteiger charge is -2.14. The minimum atomic E-state index is -0.678. The highest BCUT2D eigenvalue weighted by atomic mass is 16.5. The summed E-state index contributed by atoms with van der Waals surface area (Å²) in [6, 6.07) is 6.12. The Morgan fingerprint density at radius 2 is 1.76 bits per heavy atom. The topological polar surface area (TPSA) is 64.6 Å². The van der Waals surface area contributed by atoms with Gasteiger partial charge in [-0.15, -0.1) is 0 Å². The largest absolute Gasteiger partial charge is 0.497 e. The van der Waals surface area contributed by atoms with Gasteiger partial charge in [0.15, 0.2) is 0 Å². The molecule has 0 spiro atoms. The zero-order valence-corrected chi connectivity index (χ0v) is 15.7. The van der Waals surface area contributed by atoms with Crippen molar-refractivity contribution < 1.29 is 19.1 Å². The number of amides is 1. The number of ether oxygens (including phenoxy) is 2. The molecule has 0 saturated heterocycles. The third-order valence-corrected chi connectivity index (χ3v) is 4.03. The quantitative estimate of drug-likeness (QED) is 0.456. The van der Waals surface area contributed by atoms with Gasteiger partial charge in [-0.25, -0.2) is 4.79 Å². The Morgan fingerprint density at radius 3 is 2.44 bits per heavy atom. The lowest BCUT2D eigenvalue weighted by molar-refractivity contribution is -0.145. The molecule has 1 atom stereocenters. The monoisotopic (exact) mass is 349 g/mol. The maximum absolute atomic E-state index is 12.2. The van der Waals surface area contributed by atoms with Crippen LogP contribution in [0.5, 0.6) is 5.75 Å². The number of rotatable bonds is 12. The summed E-state index contributed by atoms with van der Waals surface area (Å²) >= 11 is 0. The predicted octanol–water partition coefficient (Wildman–Crippen LogP) is 4.11. The molecule has 1 amide bonds. The van der Waals surface area contributed by atoms with Gasteiger partial charge in [0.1, 0.15) is 11.8 Å². The Hall–Kier alpha value is -2.04. The van der Waals surface area contributed by atoms with E-state index in [2.05, 4.69) is 12.2 Å². The first kappa shape index (κ1) is 21.0. The van der Waals surface area contributed by atoms with Gasteiger partial charge in [0.25, 0.3) is 5.91 Å². The average molecular weight is 349 g/mol. The van der Waals surface area contributed by atoms with Gasteiger partial charge in [0, 0.05) is 5.56 Å². The molecule has 1 rings (SSSR count). The highest BCUT2D eigenvalue weighted by Crippen LogP contribution is 2.12. The van der Waals surface area contributed by atoms with Crippen molar-refractivity contribution in [3.05, 3.63) is 29.8 Å². The zero-order chi connectivity index (χ0) is 18.5. The first-order chi connectivity index (χ1) is 12.1. The van der Waals surface area contributed by atoms with Crippen LogP contribution in [0.1, 0.15) is 69.2 Å². The molecular formula is C20H31NO4. The summed E-state index contributed by atoms with van der Waals surface area (Å²) in [5.41, 5.74) is 0.450. The minimum Gasteiger partial charge on any atom is -0.497 e. The molecule has 0 aliphatic heterocycles. The van der Waals surface area contributed by atoms with Crippen molar-refractivity contribution in [1.29, 1.82) is 0 Å². The SMILES string of the molecule is CCCCCCCCCOC(=O)C(C)NC(=O)c1cccc(OC)c1. The van der Waals surface area contributed by atoms with Gasteiger partial charge >= 0.3 is 5.97 Å². The van der Waals surface area contributed by atoms with E-state index in [1.165, 1.54) is 32.1 Å². The van der Waals surface area contributed by atoms with Crippen LogP contribution in [0.3, 0.4) is 0 Å². The zero-order valence-electron chi connectivity index (χ0n) is 15.7. The summed E-state index contributed by atoms with van der Waals surface area (Å²) < 4.78 is 10.3. The lowest BCUT2D eigenvalue weighted by Crippen LogP contribution is -2.39. The number of carbonyl (C=O) groups is 2. The molecular weight excluding hydrogens is 318 g/mol. The molecule has 0 aliphatic rings. The van der Waals surface area contributed by atoms with E-state index in [1.807, 2.05) is 0 Å². The van der Waals surface area contributed by atoms with E-state index in [1.54, 1.807) is 38.3 Å². The molecule has 5 nitrogen and oxygen atoms in total. The molecule has 0 aromatic heterocycles. The van der Waals surface area contributed by atoms with Crippen molar-refractivity contribution in [2.45, 2.75) is 64.8 Å². The maximum atomic E-state index is 12.2. The molecule has 0 fully saturated rings. The van der Waals surface area contributed by atoms with Crippen molar-refractivity contribution in [1.82, 2.24) is 5.32 Å².